The summed E-state index contributed by atoms with van der Waals surface area (Å²) < 4.78 is 29.0. The fourth-order valence-corrected chi connectivity index (χ4v) is 4.52. The highest BCUT2D eigenvalue weighted by atomic mass is 127. The second-order valence-corrected chi connectivity index (χ2v) is 11.0. The maximum atomic E-state index is 12.3. The molecular formula is C20H34IN3O3S. The second kappa shape index (κ2) is 9.65. The van der Waals surface area contributed by atoms with Gasteiger partial charge in [-0.15, -0.1) is 24.0 Å². The number of halogens is 1. The van der Waals surface area contributed by atoms with Crippen molar-refractivity contribution in [3.05, 3.63) is 29.8 Å². The summed E-state index contributed by atoms with van der Waals surface area (Å²) >= 11 is 0. The molecule has 0 aromatic heterocycles. The summed E-state index contributed by atoms with van der Waals surface area (Å²) in [5.74, 6) is 1.77. The van der Waals surface area contributed by atoms with E-state index in [1.807, 2.05) is 19.1 Å². The van der Waals surface area contributed by atoms with Crippen molar-refractivity contribution in [2.75, 3.05) is 39.0 Å². The molecule has 0 radical (unpaired) electrons. The fraction of sp³-hybridized carbons (Fsp3) is 0.650. The Morgan fingerprint density at radius 2 is 1.89 bits per heavy atom. The van der Waals surface area contributed by atoms with Crippen LogP contribution in [0.3, 0.4) is 0 Å². The molecule has 1 aliphatic heterocycles. The van der Waals surface area contributed by atoms with Gasteiger partial charge < -0.3 is 15.0 Å². The molecule has 2 rings (SSSR count). The Labute approximate surface area is 187 Å². The van der Waals surface area contributed by atoms with E-state index in [0.29, 0.717) is 19.6 Å². The first-order chi connectivity index (χ1) is 12.5. The molecule has 1 saturated heterocycles. The number of aliphatic imine (C=N–C) groups is 1. The molecule has 1 N–H and O–H groups in total. The van der Waals surface area contributed by atoms with Gasteiger partial charge >= 0.3 is 0 Å². The smallest absolute Gasteiger partial charge is 0.194 e. The Kier molecular flexibility index (Phi) is 8.62. The summed E-state index contributed by atoms with van der Waals surface area (Å²) in [4.78, 5) is 6.91. The van der Waals surface area contributed by atoms with Crippen LogP contribution in [-0.2, 0) is 15.3 Å². The summed E-state index contributed by atoms with van der Waals surface area (Å²) in [5, 5.41) is 3.32. The van der Waals surface area contributed by atoms with Gasteiger partial charge in [0, 0.05) is 25.0 Å². The number of rotatable bonds is 5. The molecule has 1 aliphatic rings. The summed E-state index contributed by atoms with van der Waals surface area (Å²) in [6, 6.07) is 8.06. The zero-order valence-electron chi connectivity index (χ0n) is 17.8. The van der Waals surface area contributed by atoms with Crippen LogP contribution >= 0.6 is 24.0 Å². The summed E-state index contributed by atoms with van der Waals surface area (Å²) in [5.41, 5.74) is 1.04. The topological polar surface area (TPSA) is 71.0 Å². The summed E-state index contributed by atoms with van der Waals surface area (Å²) in [6.07, 6.45) is 0. The third-order valence-electron chi connectivity index (χ3n) is 5.17. The van der Waals surface area contributed by atoms with E-state index in [9.17, 15) is 8.42 Å². The average Bonchev–Trinajstić information content (AvgIpc) is 2.61. The molecule has 0 spiro atoms. The molecule has 0 amide bonds. The number of hydrogen-bond donors (Lipinski definition) is 1. The van der Waals surface area contributed by atoms with Crippen molar-refractivity contribution in [2.45, 2.75) is 44.8 Å². The van der Waals surface area contributed by atoms with E-state index in [-0.39, 0.29) is 35.1 Å². The number of ether oxygens (including phenoxy) is 1. The molecule has 6 nitrogen and oxygen atoms in total. The van der Waals surface area contributed by atoms with Crippen LogP contribution in [0.4, 0.5) is 0 Å². The number of nitrogens with zero attached hydrogens (tertiary/aromatic N) is 2. The molecular weight excluding hydrogens is 489 g/mol. The van der Waals surface area contributed by atoms with Crippen LogP contribution < -0.4 is 10.1 Å². The number of sulfone groups is 1. The van der Waals surface area contributed by atoms with Gasteiger partial charge in [0.1, 0.15) is 5.75 Å². The number of methoxy groups -OCH3 is 1. The minimum atomic E-state index is -3.07. The standard InChI is InChI=1S/C20H33N3O3S.HI/c1-7-21-18(23-12-13-27(24,25)20(4,5)15-23)22-14-19(2,3)16-8-10-17(26-6)11-9-16;/h8-11H,7,12-15H2,1-6H3,(H,21,22);1H. The lowest BCUT2D eigenvalue weighted by molar-refractivity contribution is 0.352. The van der Waals surface area contributed by atoms with Crippen molar-refractivity contribution < 1.29 is 13.2 Å². The predicted molar refractivity (Wildman–Crippen MR) is 127 cm³/mol. The van der Waals surface area contributed by atoms with Gasteiger partial charge in [-0.05, 0) is 38.5 Å². The number of benzene rings is 1. The van der Waals surface area contributed by atoms with Crippen LogP contribution in [0.1, 0.15) is 40.2 Å². The molecule has 0 unspecified atom stereocenters. The number of guanidine groups is 1. The lowest BCUT2D eigenvalue weighted by atomic mass is 9.85. The van der Waals surface area contributed by atoms with E-state index in [1.54, 1.807) is 21.0 Å². The van der Waals surface area contributed by atoms with Crippen LogP contribution in [0, 0.1) is 0 Å². The van der Waals surface area contributed by atoms with Crippen LogP contribution in [0.15, 0.2) is 29.3 Å². The van der Waals surface area contributed by atoms with Crippen LogP contribution in [0.2, 0.25) is 0 Å². The minimum Gasteiger partial charge on any atom is -0.497 e. The van der Waals surface area contributed by atoms with Crippen molar-refractivity contribution in [3.63, 3.8) is 0 Å². The van der Waals surface area contributed by atoms with Crippen LogP contribution in [0.25, 0.3) is 0 Å². The number of hydrogen-bond acceptors (Lipinski definition) is 4. The van der Waals surface area contributed by atoms with E-state index in [1.165, 1.54) is 5.56 Å². The van der Waals surface area contributed by atoms with Gasteiger partial charge in [-0.1, -0.05) is 26.0 Å². The van der Waals surface area contributed by atoms with Gasteiger partial charge in [0.2, 0.25) is 0 Å². The molecule has 28 heavy (non-hydrogen) atoms. The third-order valence-corrected chi connectivity index (χ3v) is 7.71. The van der Waals surface area contributed by atoms with Gasteiger partial charge in [-0.25, -0.2) is 8.42 Å². The number of nitrogens with one attached hydrogen (secondary N) is 1. The van der Waals surface area contributed by atoms with Gasteiger partial charge in [-0.2, -0.15) is 0 Å². The first-order valence-electron chi connectivity index (χ1n) is 9.42. The van der Waals surface area contributed by atoms with Crippen LogP contribution in [0.5, 0.6) is 5.75 Å². The van der Waals surface area contributed by atoms with Crippen LogP contribution in [-0.4, -0.2) is 63.1 Å². The van der Waals surface area contributed by atoms with Gasteiger partial charge in [-0.3, -0.25) is 4.99 Å². The van der Waals surface area contributed by atoms with Crippen molar-refractivity contribution >= 4 is 39.8 Å². The largest absolute Gasteiger partial charge is 0.497 e. The predicted octanol–water partition coefficient (Wildman–Crippen LogP) is 3.07. The van der Waals surface area contributed by atoms with E-state index >= 15 is 0 Å². The highest BCUT2D eigenvalue weighted by Gasteiger charge is 2.41. The van der Waals surface area contributed by atoms with Crippen molar-refractivity contribution in [2.24, 2.45) is 4.99 Å². The average molecular weight is 523 g/mol. The molecule has 1 heterocycles. The second-order valence-electron chi connectivity index (χ2n) is 8.28. The minimum absolute atomic E-state index is 0. The molecule has 8 heteroatoms. The lowest BCUT2D eigenvalue weighted by Crippen LogP contribution is -2.57. The molecule has 1 fully saturated rings. The molecule has 1 aromatic rings. The third kappa shape index (κ3) is 5.75. The first-order valence-corrected chi connectivity index (χ1v) is 11.1. The zero-order valence-corrected chi connectivity index (χ0v) is 20.9. The Bertz CT molecular complexity index is 774. The molecule has 160 valence electrons. The fourth-order valence-electron chi connectivity index (χ4n) is 3.16. The molecule has 0 atom stereocenters. The Morgan fingerprint density at radius 3 is 2.39 bits per heavy atom. The van der Waals surface area contributed by atoms with Crippen molar-refractivity contribution in [3.8, 4) is 5.75 Å². The molecule has 0 bridgehead atoms. The Balaban J connectivity index is 0.00000392. The summed E-state index contributed by atoms with van der Waals surface area (Å²) in [6.45, 7) is 12.2. The zero-order chi connectivity index (χ0) is 20.3. The van der Waals surface area contributed by atoms with E-state index < -0.39 is 14.6 Å². The normalized spacial score (nSPS) is 18.9. The van der Waals surface area contributed by atoms with Gasteiger partial charge in [0.25, 0.3) is 0 Å². The maximum absolute atomic E-state index is 12.3. The van der Waals surface area contributed by atoms with E-state index in [4.69, 9.17) is 9.73 Å². The first kappa shape index (κ1) is 25.0. The van der Waals surface area contributed by atoms with Crippen molar-refractivity contribution in [1.82, 2.24) is 10.2 Å². The maximum Gasteiger partial charge on any atom is 0.194 e. The van der Waals surface area contributed by atoms with E-state index in [2.05, 4.69) is 36.2 Å². The highest BCUT2D eigenvalue weighted by molar-refractivity contribution is 14.0. The van der Waals surface area contributed by atoms with E-state index in [0.717, 1.165) is 18.3 Å². The quantitative estimate of drug-likeness (QED) is 0.365. The Morgan fingerprint density at radius 1 is 1.29 bits per heavy atom. The highest BCUT2D eigenvalue weighted by Crippen LogP contribution is 2.27. The summed E-state index contributed by atoms with van der Waals surface area (Å²) in [7, 11) is -1.41. The SMILES string of the molecule is CCNC(=NCC(C)(C)c1ccc(OC)cc1)N1CCS(=O)(=O)C(C)(C)C1.I. The monoisotopic (exact) mass is 523 g/mol. The molecule has 1 aromatic carbocycles. The van der Waals surface area contributed by atoms with Gasteiger partial charge in [0.15, 0.2) is 15.8 Å². The lowest BCUT2D eigenvalue weighted by Gasteiger charge is -2.39. The Hall–Kier alpha value is -1.03. The molecule has 0 aliphatic carbocycles. The van der Waals surface area contributed by atoms with Crippen molar-refractivity contribution in [1.29, 1.82) is 0 Å². The molecule has 0 saturated carbocycles. The van der Waals surface area contributed by atoms with Gasteiger partial charge in [0.05, 0.1) is 24.2 Å².